The molecule has 5 rings (SSSR count). The quantitative estimate of drug-likeness (QED) is 0.737. The van der Waals surface area contributed by atoms with Crippen LogP contribution in [0.5, 0.6) is 11.5 Å². The molecule has 2 aromatic rings. The van der Waals surface area contributed by atoms with Crippen molar-refractivity contribution in [1.82, 2.24) is 4.90 Å². The van der Waals surface area contributed by atoms with E-state index in [1.807, 2.05) is 23.1 Å². The van der Waals surface area contributed by atoms with Crippen LogP contribution in [0.15, 0.2) is 36.4 Å². The first-order valence-electron chi connectivity index (χ1n) is 10.4. The van der Waals surface area contributed by atoms with Crippen LogP contribution in [0.4, 0.5) is 5.69 Å². The van der Waals surface area contributed by atoms with Crippen molar-refractivity contribution < 1.29 is 19.1 Å². The predicted octanol–water partition coefficient (Wildman–Crippen LogP) is 4.22. The highest BCUT2D eigenvalue weighted by Crippen LogP contribution is 2.39. The number of nitrogens with zero attached hydrogens (tertiary/aromatic N) is 2. The van der Waals surface area contributed by atoms with E-state index in [9.17, 15) is 9.59 Å². The van der Waals surface area contributed by atoms with Crippen LogP contribution in [0.25, 0.3) is 0 Å². The van der Waals surface area contributed by atoms with Crippen molar-refractivity contribution in [2.45, 2.75) is 31.7 Å². The van der Waals surface area contributed by atoms with Gasteiger partial charge in [0.05, 0.1) is 16.8 Å². The van der Waals surface area contributed by atoms with Crippen molar-refractivity contribution in [1.29, 1.82) is 0 Å². The summed E-state index contributed by atoms with van der Waals surface area (Å²) in [6.45, 7) is 2.42. The number of hydrogen-bond acceptors (Lipinski definition) is 4. The molecular formula is C23H23ClN2O4. The summed E-state index contributed by atoms with van der Waals surface area (Å²) in [4.78, 5) is 29.2. The molecule has 3 aliphatic heterocycles. The Hall–Kier alpha value is -2.73. The molecule has 3 aliphatic rings. The lowest BCUT2D eigenvalue weighted by molar-refractivity contribution is -0.117. The number of fused-ring (bicyclic) bond motifs is 1. The van der Waals surface area contributed by atoms with Gasteiger partial charge in [-0.25, -0.2) is 0 Å². The fraction of sp³-hybridized carbons (Fsp3) is 0.391. The third kappa shape index (κ3) is 3.39. The molecule has 3 heterocycles. The van der Waals surface area contributed by atoms with Crippen LogP contribution < -0.4 is 14.4 Å². The average Bonchev–Trinajstić information content (AvgIpc) is 3.42. The Labute approximate surface area is 180 Å². The fourth-order valence-corrected chi connectivity index (χ4v) is 4.76. The molecule has 0 spiro atoms. The van der Waals surface area contributed by atoms with Gasteiger partial charge in [0.1, 0.15) is 13.2 Å². The summed E-state index contributed by atoms with van der Waals surface area (Å²) >= 11 is 6.35. The normalized spacial score (nSPS) is 20.7. The Balaban J connectivity index is 1.42. The van der Waals surface area contributed by atoms with E-state index in [-0.39, 0.29) is 17.9 Å². The highest BCUT2D eigenvalue weighted by atomic mass is 35.5. The largest absolute Gasteiger partial charge is 0.486 e. The summed E-state index contributed by atoms with van der Waals surface area (Å²) < 4.78 is 11.3. The van der Waals surface area contributed by atoms with Gasteiger partial charge < -0.3 is 19.3 Å². The maximum absolute atomic E-state index is 13.4. The van der Waals surface area contributed by atoms with E-state index in [4.69, 9.17) is 21.1 Å². The molecule has 0 aromatic heterocycles. The second kappa shape index (κ2) is 7.84. The van der Waals surface area contributed by atoms with Gasteiger partial charge in [-0.2, -0.15) is 0 Å². The van der Waals surface area contributed by atoms with E-state index in [1.165, 1.54) is 0 Å². The van der Waals surface area contributed by atoms with Crippen LogP contribution in [0.2, 0.25) is 5.02 Å². The number of rotatable bonds is 3. The molecule has 6 nitrogen and oxygen atoms in total. The number of ether oxygens (including phenoxy) is 2. The van der Waals surface area contributed by atoms with Crippen molar-refractivity contribution in [2.24, 2.45) is 0 Å². The maximum atomic E-state index is 13.4. The first-order chi connectivity index (χ1) is 14.6. The molecule has 30 heavy (non-hydrogen) atoms. The minimum atomic E-state index is -0.0445. The monoisotopic (exact) mass is 426 g/mol. The summed E-state index contributed by atoms with van der Waals surface area (Å²) in [5.41, 5.74) is 2.23. The number of carbonyl (C=O) groups is 2. The van der Waals surface area contributed by atoms with Crippen LogP contribution >= 0.6 is 11.6 Å². The lowest BCUT2D eigenvalue weighted by Gasteiger charge is -2.27. The number of likely N-dealkylation sites (tertiary alicyclic amines) is 1. The zero-order valence-corrected chi connectivity index (χ0v) is 17.4. The van der Waals surface area contributed by atoms with Gasteiger partial charge in [0.25, 0.3) is 5.91 Å². The maximum Gasteiger partial charge on any atom is 0.254 e. The number of hydrogen-bond donors (Lipinski definition) is 0. The molecule has 2 amide bonds. The van der Waals surface area contributed by atoms with Crippen molar-refractivity contribution in [3.8, 4) is 11.5 Å². The standard InChI is InChI=1S/C23H23ClN2O4/c24-17-7-5-16(13-19(17)25-9-2-4-22(25)27)23(28)26-10-1-3-18(26)15-6-8-20-21(14-15)30-12-11-29-20/h5-8,13-14,18H,1-4,9-12H2/t18-/m1/s1. The SMILES string of the molecule is O=C1CCCN1c1cc(C(=O)N2CCC[C@@H]2c2ccc3c(c2)OCCO3)ccc1Cl. The molecule has 0 unspecified atom stereocenters. The Morgan fingerprint density at radius 1 is 1.00 bits per heavy atom. The van der Waals surface area contributed by atoms with Crippen molar-refractivity contribution >= 4 is 29.1 Å². The predicted molar refractivity (Wildman–Crippen MR) is 113 cm³/mol. The van der Waals surface area contributed by atoms with Gasteiger partial charge in [0, 0.05) is 25.1 Å². The van der Waals surface area contributed by atoms with Crippen LogP contribution in [0, 0.1) is 0 Å². The molecule has 0 saturated carbocycles. The number of carbonyl (C=O) groups excluding carboxylic acids is 2. The molecule has 0 aliphatic carbocycles. The van der Waals surface area contributed by atoms with Crippen LogP contribution in [-0.2, 0) is 4.79 Å². The van der Waals surface area contributed by atoms with Crippen LogP contribution in [0.1, 0.15) is 47.6 Å². The van der Waals surface area contributed by atoms with Crippen molar-refractivity contribution in [3.63, 3.8) is 0 Å². The molecule has 0 N–H and O–H groups in total. The van der Waals surface area contributed by atoms with Gasteiger partial charge in [-0.1, -0.05) is 17.7 Å². The van der Waals surface area contributed by atoms with Gasteiger partial charge in [0.15, 0.2) is 11.5 Å². The van der Waals surface area contributed by atoms with Gasteiger partial charge in [-0.15, -0.1) is 0 Å². The van der Waals surface area contributed by atoms with E-state index < -0.39 is 0 Å². The lowest BCUT2D eigenvalue weighted by Crippen LogP contribution is -2.31. The molecule has 2 saturated heterocycles. The minimum Gasteiger partial charge on any atom is -0.486 e. The highest BCUT2D eigenvalue weighted by Gasteiger charge is 2.32. The Morgan fingerprint density at radius 2 is 1.83 bits per heavy atom. The van der Waals surface area contributed by atoms with Crippen molar-refractivity contribution in [3.05, 3.63) is 52.5 Å². The highest BCUT2D eigenvalue weighted by molar-refractivity contribution is 6.34. The smallest absolute Gasteiger partial charge is 0.254 e. The summed E-state index contributed by atoms with van der Waals surface area (Å²) in [7, 11) is 0. The van der Waals surface area contributed by atoms with E-state index in [0.717, 1.165) is 36.3 Å². The Morgan fingerprint density at radius 3 is 2.63 bits per heavy atom. The Bertz CT molecular complexity index is 1010. The van der Waals surface area contributed by atoms with E-state index >= 15 is 0 Å². The topological polar surface area (TPSA) is 59.1 Å². The Kier molecular flexibility index (Phi) is 5.03. The summed E-state index contributed by atoms with van der Waals surface area (Å²) in [5.74, 6) is 1.49. The minimum absolute atomic E-state index is 0.0131. The first kappa shape index (κ1) is 19.2. The van der Waals surface area contributed by atoms with Gasteiger partial charge in [-0.05, 0) is 55.2 Å². The van der Waals surface area contributed by atoms with E-state index in [1.54, 1.807) is 23.1 Å². The van der Waals surface area contributed by atoms with Gasteiger partial charge >= 0.3 is 0 Å². The third-order valence-corrected chi connectivity index (χ3v) is 6.34. The summed E-state index contributed by atoms with van der Waals surface area (Å²) in [6.07, 6.45) is 3.17. The number of anilines is 1. The molecule has 2 fully saturated rings. The lowest BCUT2D eigenvalue weighted by atomic mass is 10.0. The number of amides is 2. The molecule has 7 heteroatoms. The van der Waals surface area contributed by atoms with Gasteiger partial charge in [0.2, 0.25) is 5.91 Å². The number of halogens is 1. The van der Waals surface area contributed by atoms with Crippen LogP contribution in [0.3, 0.4) is 0 Å². The van der Waals surface area contributed by atoms with Crippen LogP contribution in [-0.4, -0.2) is 43.0 Å². The average molecular weight is 427 g/mol. The molecular weight excluding hydrogens is 404 g/mol. The third-order valence-electron chi connectivity index (χ3n) is 6.02. The molecule has 2 aromatic carbocycles. The fourth-order valence-electron chi connectivity index (χ4n) is 4.54. The van der Waals surface area contributed by atoms with Gasteiger partial charge in [-0.3, -0.25) is 9.59 Å². The zero-order valence-electron chi connectivity index (χ0n) is 16.6. The second-order valence-electron chi connectivity index (χ2n) is 7.87. The van der Waals surface area contributed by atoms with E-state index in [0.29, 0.717) is 49.0 Å². The number of benzene rings is 2. The summed E-state index contributed by atoms with van der Waals surface area (Å²) in [6, 6.07) is 11.1. The van der Waals surface area contributed by atoms with Crippen molar-refractivity contribution in [2.75, 3.05) is 31.2 Å². The summed E-state index contributed by atoms with van der Waals surface area (Å²) in [5, 5.41) is 0.492. The molecule has 1 atom stereocenters. The van der Waals surface area contributed by atoms with E-state index in [2.05, 4.69) is 0 Å². The molecule has 156 valence electrons. The molecule has 0 bridgehead atoms. The first-order valence-corrected chi connectivity index (χ1v) is 10.8. The second-order valence-corrected chi connectivity index (χ2v) is 8.28. The molecule has 0 radical (unpaired) electrons. The zero-order chi connectivity index (χ0) is 20.7.